The number of furan rings is 1. The highest BCUT2D eigenvalue weighted by Gasteiger charge is 2.16. The molecule has 1 atom stereocenters. The molecule has 0 radical (unpaired) electrons. The van der Waals surface area contributed by atoms with Crippen LogP contribution in [0.2, 0.25) is 5.02 Å². The maximum absolute atomic E-state index is 10.5. The van der Waals surface area contributed by atoms with Crippen molar-refractivity contribution in [2.75, 3.05) is 0 Å². The third kappa shape index (κ3) is 3.81. The van der Waals surface area contributed by atoms with Gasteiger partial charge in [0.25, 0.3) is 0 Å². The molecule has 0 spiro atoms. The quantitative estimate of drug-likeness (QED) is 0.521. The number of aromatic nitrogens is 2. The minimum atomic E-state index is -0.811. The molecule has 0 aliphatic rings. The van der Waals surface area contributed by atoms with Gasteiger partial charge in [0.1, 0.15) is 11.9 Å². The second-order valence-electron chi connectivity index (χ2n) is 6.17. The van der Waals surface area contributed by atoms with E-state index in [1.54, 1.807) is 16.7 Å². The number of nitrogens with zero attached hydrogens (tertiary/aromatic N) is 2. The fourth-order valence-electron chi connectivity index (χ4n) is 3.16. The van der Waals surface area contributed by atoms with E-state index in [4.69, 9.17) is 21.4 Å². The zero-order valence-electron chi connectivity index (χ0n) is 14.3. The number of imidazole rings is 1. The summed E-state index contributed by atoms with van der Waals surface area (Å²) in [6.45, 7) is 0.806. The number of aliphatic hydroxyl groups excluding tert-OH is 1. The fraction of sp³-hybridized carbons (Fsp3) is 0.150. The Morgan fingerprint density at radius 3 is 2.26 bits per heavy atom. The number of hydrogen-bond donors (Lipinski definition) is 2. The highest BCUT2D eigenvalue weighted by Crippen LogP contribution is 2.20. The molecule has 2 aromatic heterocycles. The highest BCUT2D eigenvalue weighted by molar-refractivity contribution is 6.30. The van der Waals surface area contributed by atoms with Gasteiger partial charge in [-0.25, -0.2) is 0 Å². The van der Waals surface area contributed by atoms with Gasteiger partial charge in [-0.2, -0.15) is 0 Å². The molecule has 5 nitrogen and oxygen atoms in total. The number of halogens is 2. The van der Waals surface area contributed by atoms with Crippen LogP contribution in [-0.4, -0.2) is 14.2 Å². The van der Waals surface area contributed by atoms with Crippen LogP contribution in [0.4, 0.5) is 0 Å². The highest BCUT2D eigenvalue weighted by atomic mass is 35.5. The van der Waals surface area contributed by atoms with Crippen LogP contribution >= 0.6 is 11.6 Å². The lowest BCUT2D eigenvalue weighted by atomic mass is 10.2. The van der Waals surface area contributed by atoms with Crippen molar-refractivity contribution in [2.24, 2.45) is 0 Å². The lowest BCUT2D eigenvalue weighted by molar-refractivity contribution is -0.00000722. The van der Waals surface area contributed by atoms with Crippen LogP contribution in [0.25, 0.3) is 11.0 Å². The lowest BCUT2D eigenvalue weighted by Crippen LogP contribution is -3.00. The number of rotatable bonds is 5. The molecular weight excluding hydrogens is 385 g/mol. The standard InChI is InChI=1S/C20H18ClN3O2.ClH/c21-15-9-7-14(8-10-15)12-23-16-4-1-2-5-17(16)24(20(23)22)13-18(25)19-6-3-11-26-19;/h1-11,18,22,25H,12-13H2;1H/p-1. The maximum atomic E-state index is 10.5. The van der Waals surface area contributed by atoms with Crippen LogP contribution in [0.15, 0.2) is 71.3 Å². The first kappa shape index (κ1) is 19.3. The number of aliphatic hydroxyl groups is 1. The first-order valence-electron chi connectivity index (χ1n) is 8.32. The van der Waals surface area contributed by atoms with Crippen LogP contribution in [0, 0.1) is 5.41 Å². The Balaban J connectivity index is 0.00000210. The topological polar surface area (TPSA) is 67.1 Å². The largest absolute Gasteiger partial charge is 1.00 e. The number of nitrogens with one attached hydrogen (secondary N) is 1. The van der Waals surface area contributed by atoms with E-state index in [0.29, 0.717) is 22.9 Å². The smallest absolute Gasteiger partial charge is 0.203 e. The summed E-state index contributed by atoms with van der Waals surface area (Å²) in [4.78, 5) is 0. The van der Waals surface area contributed by atoms with E-state index in [2.05, 4.69) is 0 Å². The minimum Gasteiger partial charge on any atom is -1.00 e. The van der Waals surface area contributed by atoms with Crippen molar-refractivity contribution in [2.45, 2.75) is 19.2 Å². The van der Waals surface area contributed by atoms with Gasteiger partial charge in [0.2, 0.25) is 5.62 Å². The van der Waals surface area contributed by atoms with Gasteiger partial charge >= 0.3 is 0 Å². The lowest BCUT2D eigenvalue weighted by Gasteiger charge is -2.10. The molecule has 140 valence electrons. The summed E-state index contributed by atoms with van der Waals surface area (Å²) in [7, 11) is 0. The molecule has 2 heterocycles. The summed E-state index contributed by atoms with van der Waals surface area (Å²) in [5, 5.41) is 19.8. The molecule has 0 aliphatic heterocycles. The first-order chi connectivity index (χ1) is 12.6. The SMILES string of the molecule is N=c1n(Cc2ccc(Cl)cc2)c2ccccc2n1CC(O)c1ccco1.[Cl-]. The van der Waals surface area contributed by atoms with E-state index < -0.39 is 6.10 Å². The summed E-state index contributed by atoms with van der Waals surface area (Å²) in [5.41, 5.74) is 3.23. The molecule has 7 heteroatoms. The summed E-state index contributed by atoms with van der Waals surface area (Å²) in [6.07, 6.45) is 0.725. The number of benzene rings is 2. The van der Waals surface area contributed by atoms with Crippen LogP contribution < -0.4 is 18.0 Å². The van der Waals surface area contributed by atoms with Crippen LogP contribution in [0.5, 0.6) is 0 Å². The number of hydrogen-bond acceptors (Lipinski definition) is 3. The number of fused-ring (bicyclic) bond motifs is 1. The summed E-state index contributed by atoms with van der Waals surface area (Å²) in [5.74, 6) is 0.492. The molecule has 0 saturated heterocycles. The fourth-order valence-corrected chi connectivity index (χ4v) is 3.28. The Labute approximate surface area is 167 Å². The molecule has 4 aromatic rings. The molecule has 2 N–H and O–H groups in total. The van der Waals surface area contributed by atoms with Crippen molar-refractivity contribution in [1.82, 2.24) is 9.13 Å². The third-order valence-corrected chi connectivity index (χ3v) is 4.71. The van der Waals surface area contributed by atoms with E-state index in [1.165, 1.54) is 6.26 Å². The van der Waals surface area contributed by atoms with E-state index >= 15 is 0 Å². The van der Waals surface area contributed by atoms with Crippen LogP contribution in [0.1, 0.15) is 17.4 Å². The first-order valence-corrected chi connectivity index (χ1v) is 8.70. The van der Waals surface area contributed by atoms with Crippen molar-refractivity contribution < 1.29 is 21.9 Å². The molecule has 2 aromatic carbocycles. The molecule has 0 fully saturated rings. The molecule has 27 heavy (non-hydrogen) atoms. The second kappa shape index (κ2) is 8.05. The van der Waals surface area contributed by atoms with Crippen molar-refractivity contribution in [1.29, 1.82) is 5.41 Å². The Hall–Kier alpha value is -2.47. The van der Waals surface area contributed by atoms with Crippen molar-refractivity contribution in [3.05, 3.63) is 88.9 Å². The van der Waals surface area contributed by atoms with E-state index in [9.17, 15) is 5.11 Å². The maximum Gasteiger partial charge on any atom is 0.203 e. The van der Waals surface area contributed by atoms with Gasteiger partial charge in [-0.1, -0.05) is 35.9 Å². The molecule has 0 amide bonds. The number of para-hydroxylation sites is 2. The van der Waals surface area contributed by atoms with Crippen molar-refractivity contribution >= 4 is 22.6 Å². The van der Waals surface area contributed by atoms with Gasteiger partial charge in [0.05, 0.1) is 30.4 Å². The second-order valence-corrected chi connectivity index (χ2v) is 6.60. The predicted molar refractivity (Wildman–Crippen MR) is 100 cm³/mol. The summed E-state index contributed by atoms with van der Waals surface area (Å²) in [6, 6.07) is 18.9. The van der Waals surface area contributed by atoms with Gasteiger partial charge in [-0.15, -0.1) is 0 Å². The van der Waals surface area contributed by atoms with Gasteiger partial charge in [0.15, 0.2) is 0 Å². The van der Waals surface area contributed by atoms with Crippen molar-refractivity contribution in [3.8, 4) is 0 Å². The van der Waals surface area contributed by atoms with E-state index in [-0.39, 0.29) is 19.0 Å². The monoisotopic (exact) mass is 402 g/mol. The van der Waals surface area contributed by atoms with Crippen LogP contribution in [-0.2, 0) is 13.1 Å². The average molecular weight is 403 g/mol. The molecule has 0 bridgehead atoms. The molecule has 4 rings (SSSR count). The van der Waals surface area contributed by atoms with E-state index in [1.807, 2.05) is 53.1 Å². The summed E-state index contributed by atoms with van der Waals surface area (Å²) >= 11 is 5.97. The molecule has 0 aliphatic carbocycles. The predicted octanol–water partition coefficient (Wildman–Crippen LogP) is 0.955. The average Bonchev–Trinajstić information content (AvgIpc) is 3.27. The third-order valence-electron chi connectivity index (χ3n) is 4.46. The Morgan fingerprint density at radius 2 is 1.63 bits per heavy atom. The van der Waals surface area contributed by atoms with E-state index in [0.717, 1.165) is 16.6 Å². The summed E-state index contributed by atoms with van der Waals surface area (Å²) < 4.78 is 9.02. The van der Waals surface area contributed by atoms with Crippen LogP contribution in [0.3, 0.4) is 0 Å². The zero-order valence-corrected chi connectivity index (χ0v) is 15.9. The Morgan fingerprint density at radius 1 is 0.963 bits per heavy atom. The van der Waals surface area contributed by atoms with Crippen molar-refractivity contribution in [3.63, 3.8) is 0 Å². The van der Waals surface area contributed by atoms with Gasteiger partial charge in [0, 0.05) is 5.02 Å². The molecule has 1 unspecified atom stereocenters. The normalized spacial score (nSPS) is 12.1. The molecule has 0 saturated carbocycles. The Bertz CT molecular complexity index is 1080. The van der Waals surface area contributed by atoms with Gasteiger partial charge in [-0.3, -0.25) is 5.41 Å². The van der Waals surface area contributed by atoms with Gasteiger partial charge < -0.3 is 31.1 Å². The Kier molecular flexibility index (Phi) is 5.75. The van der Waals surface area contributed by atoms with Gasteiger partial charge in [-0.05, 0) is 42.0 Å². The zero-order chi connectivity index (χ0) is 18.1. The molecular formula is C20H18Cl2N3O2-. The minimum absolute atomic E-state index is 0.